The Bertz CT molecular complexity index is 819. The zero-order valence-corrected chi connectivity index (χ0v) is 14.5. The van der Waals surface area contributed by atoms with Crippen LogP contribution < -0.4 is 10.6 Å². The number of benzene rings is 2. The van der Waals surface area contributed by atoms with E-state index >= 15 is 0 Å². The molecule has 0 aromatic heterocycles. The Morgan fingerprint density at radius 3 is 2.36 bits per heavy atom. The number of hydrogen-bond acceptors (Lipinski definition) is 4. The number of thioether (sulfide) groups is 1. The summed E-state index contributed by atoms with van der Waals surface area (Å²) in [7, 11) is 0. The molecule has 3 rings (SSSR count). The Morgan fingerprint density at radius 2 is 1.80 bits per heavy atom. The molecule has 0 saturated carbocycles. The van der Waals surface area contributed by atoms with Crippen LogP contribution in [0.25, 0.3) is 0 Å². The normalized spacial score (nSPS) is 28.9. The first kappa shape index (κ1) is 17.8. The summed E-state index contributed by atoms with van der Waals surface area (Å²) in [5, 5.41) is 15.9. The second kappa shape index (κ2) is 6.40. The van der Waals surface area contributed by atoms with E-state index in [0.717, 1.165) is 11.8 Å². The van der Waals surface area contributed by atoms with Gasteiger partial charge in [-0.1, -0.05) is 24.3 Å². The molecule has 3 unspecified atom stereocenters. The molecule has 4 nitrogen and oxygen atoms in total. The predicted octanol–water partition coefficient (Wildman–Crippen LogP) is 3.22. The summed E-state index contributed by atoms with van der Waals surface area (Å²) in [6.07, 6.45) is 1.66. The number of carboxylic acid groups (broad SMARTS) is 1. The molecule has 1 heterocycles. The highest BCUT2D eigenvalue weighted by molar-refractivity contribution is 8.00. The van der Waals surface area contributed by atoms with Gasteiger partial charge in [0.25, 0.3) is 0 Å². The lowest BCUT2D eigenvalue weighted by Gasteiger charge is -2.32. The monoisotopic (exact) mass is 364 g/mol. The van der Waals surface area contributed by atoms with Crippen LogP contribution in [0.1, 0.15) is 24.1 Å². The maximum Gasteiger partial charge on any atom is 0.349 e. The minimum Gasteiger partial charge on any atom is -0.478 e. The topological polar surface area (TPSA) is 61.4 Å². The number of hydrogen-bond donors (Lipinski definition) is 3. The van der Waals surface area contributed by atoms with Crippen molar-refractivity contribution in [2.45, 2.75) is 23.5 Å². The van der Waals surface area contributed by atoms with Crippen molar-refractivity contribution in [2.75, 3.05) is 6.26 Å². The summed E-state index contributed by atoms with van der Waals surface area (Å²) in [5.74, 6) is -1.94. The molecule has 0 spiro atoms. The van der Waals surface area contributed by atoms with Crippen molar-refractivity contribution in [1.82, 2.24) is 10.6 Å². The Labute approximate surface area is 148 Å². The van der Waals surface area contributed by atoms with Crippen LogP contribution >= 0.6 is 11.8 Å². The second-order valence-electron chi connectivity index (χ2n) is 6.16. The van der Waals surface area contributed by atoms with Crippen LogP contribution in [0.15, 0.2) is 48.5 Å². The van der Waals surface area contributed by atoms with E-state index in [4.69, 9.17) is 0 Å². The van der Waals surface area contributed by atoms with Gasteiger partial charge >= 0.3 is 5.97 Å². The minimum absolute atomic E-state index is 0.419. The molecule has 0 amide bonds. The molecular formula is C18H18F2N2O2S. The van der Waals surface area contributed by atoms with Crippen molar-refractivity contribution >= 4 is 17.7 Å². The molecule has 132 valence electrons. The molecule has 3 N–H and O–H groups in total. The lowest BCUT2D eigenvalue weighted by molar-refractivity contribution is -0.141. The fraction of sp³-hybridized carbons (Fsp3) is 0.278. The van der Waals surface area contributed by atoms with E-state index in [1.54, 1.807) is 37.4 Å². The van der Waals surface area contributed by atoms with Crippen molar-refractivity contribution in [2.24, 2.45) is 0 Å². The third-order valence-electron chi connectivity index (χ3n) is 4.57. The van der Waals surface area contributed by atoms with E-state index in [2.05, 4.69) is 10.6 Å². The Kier molecular flexibility index (Phi) is 4.57. The smallest absolute Gasteiger partial charge is 0.349 e. The number of nitrogens with one attached hydrogen (secondary N) is 2. The van der Waals surface area contributed by atoms with Crippen molar-refractivity contribution in [3.63, 3.8) is 0 Å². The van der Waals surface area contributed by atoms with Crippen LogP contribution in [0.2, 0.25) is 0 Å². The first-order valence-corrected chi connectivity index (χ1v) is 8.90. The van der Waals surface area contributed by atoms with Crippen molar-refractivity contribution < 1.29 is 18.7 Å². The molecule has 1 aliphatic heterocycles. The third kappa shape index (κ3) is 3.03. The van der Waals surface area contributed by atoms with Gasteiger partial charge in [-0.3, -0.25) is 10.6 Å². The minimum atomic E-state index is -1.47. The van der Waals surface area contributed by atoms with Gasteiger partial charge in [-0.15, -0.1) is 11.8 Å². The van der Waals surface area contributed by atoms with Gasteiger partial charge in [-0.2, -0.15) is 0 Å². The van der Waals surface area contributed by atoms with Gasteiger partial charge in [0.05, 0.1) is 11.6 Å². The summed E-state index contributed by atoms with van der Waals surface area (Å²) in [5.41, 5.74) is 0.194. The predicted molar refractivity (Wildman–Crippen MR) is 93.0 cm³/mol. The molecule has 3 atom stereocenters. The highest BCUT2D eigenvalue weighted by Crippen LogP contribution is 2.45. The van der Waals surface area contributed by atoms with E-state index in [1.165, 1.54) is 24.3 Å². The van der Waals surface area contributed by atoms with Gasteiger partial charge in [-0.25, -0.2) is 13.6 Å². The van der Waals surface area contributed by atoms with Crippen LogP contribution in [0, 0.1) is 11.6 Å². The molecule has 1 saturated heterocycles. The summed E-state index contributed by atoms with van der Waals surface area (Å²) in [4.78, 5) is 10.4. The molecule has 2 aromatic carbocycles. The molecule has 1 aliphatic rings. The molecule has 0 bridgehead atoms. The molecular weight excluding hydrogens is 346 g/mol. The van der Waals surface area contributed by atoms with E-state index in [9.17, 15) is 18.7 Å². The molecule has 1 fully saturated rings. The van der Waals surface area contributed by atoms with E-state index in [-0.39, 0.29) is 0 Å². The summed E-state index contributed by atoms with van der Waals surface area (Å²) in [6, 6.07) is 11.4. The molecule has 0 radical (unpaired) electrons. The fourth-order valence-electron chi connectivity index (χ4n) is 3.29. The highest BCUT2D eigenvalue weighted by Gasteiger charge is 2.56. The van der Waals surface area contributed by atoms with Crippen LogP contribution in [-0.2, 0) is 10.3 Å². The van der Waals surface area contributed by atoms with Crippen molar-refractivity contribution in [3.05, 3.63) is 71.3 Å². The zero-order chi connectivity index (χ0) is 18.2. The van der Waals surface area contributed by atoms with Crippen LogP contribution in [0.3, 0.4) is 0 Å². The first-order valence-electron chi connectivity index (χ1n) is 7.68. The molecule has 7 heteroatoms. The average molecular weight is 364 g/mol. The number of carbonyl (C=O) groups is 1. The lowest BCUT2D eigenvalue weighted by Crippen LogP contribution is -2.55. The third-order valence-corrected chi connectivity index (χ3v) is 5.58. The molecule has 2 aromatic rings. The van der Waals surface area contributed by atoms with Crippen molar-refractivity contribution in [3.8, 4) is 0 Å². The highest BCUT2D eigenvalue weighted by atomic mass is 32.2. The maximum absolute atomic E-state index is 13.8. The summed E-state index contributed by atoms with van der Waals surface area (Å²) in [6.45, 7) is 1.78. The van der Waals surface area contributed by atoms with Gasteiger partial charge < -0.3 is 5.11 Å². The molecule has 25 heavy (non-hydrogen) atoms. The largest absolute Gasteiger partial charge is 0.478 e. The SMILES string of the molecule is CSC1(C(=O)O)NC(c2cccc(F)c2)C(C)(c2cccc(F)c2)N1. The van der Waals surface area contributed by atoms with Crippen LogP contribution in [-0.4, -0.2) is 22.3 Å². The maximum atomic E-state index is 13.8. The van der Waals surface area contributed by atoms with Gasteiger partial charge in [0, 0.05) is 0 Å². The standard InChI is InChI=1S/C18H18F2N2O2S/c1-17(12-6-4-8-14(20)10-12)15(11-5-3-7-13(19)9-11)21-18(22-17,25-2)16(23)24/h3-10,15,21-22H,1-2H3,(H,23,24). The first-order chi connectivity index (χ1) is 11.8. The van der Waals surface area contributed by atoms with Crippen molar-refractivity contribution in [1.29, 1.82) is 0 Å². The fourth-order valence-corrected chi connectivity index (χ4v) is 4.01. The zero-order valence-electron chi connectivity index (χ0n) is 13.7. The summed E-state index contributed by atoms with van der Waals surface area (Å²) < 4.78 is 27.5. The number of halogens is 2. The Morgan fingerprint density at radius 1 is 1.16 bits per heavy atom. The van der Waals surface area contributed by atoms with Gasteiger partial charge in [-0.05, 0) is 48.6 Å². The van der Waals surface area contributed by atoms with Crippen LogP contribution in [0.5, 0.6) is 0 Å². The Hall–Kier alpha value is -1.96. The van der Waals surface area contributed by atoms with Gasteiger partial charge in [0.1, 0.15) is 11.6 Å². The summed E-state index contributed by atoms with van der Waals surface area (Å²) >= 11 is 1.08. The number of aliphatic carboxylic acids is 1. The van der Waals surface area contributed by atoms with Gasteiger partial charge in [0.2, 0.25) is 4.99 Å². The van der Waals surface area contributed by atoms with E-state index in [0.29, 0.717) is 11.1 Å². The van der Waals surface area contributed by atoms with E-state index in [1.807, 2.05) is 0 Å². The Balaban J connectivity index is 2.16. The van der Waals surface area contributed by atoms with Crippen LogP contribution in [0.4, 0.5) is 8.78 Å². The van der Waals surface area contributed by atoms with E-state index < -0.39 is 34.2 Å². The lowest BCUT2D eigenvalue weighted by atomic mass is 9.82. The average Bonchev–Trinajstić information content (AvgIpc) is 2.91. The van der Waals surface area contributed by atoms with Gasteiger partial charge in [0.15, 0.2) is 0 Å². The second-order valence-corrected chi connectivity index (χ2v) is 7.18. The number of rotatable bonds is 4. The molecule has 0 aliphatic carbocycles. The number of carboxylic acids is 1. The quantitative estimate of drug-likeness (QED) is 0.778.